The van der Waals surface area contributed by atoms with E-state index in [1.807, 2.05) is 4.90 Å². The summed E-state index contributed by atoms with van der Waals surface area (Å²) >= 11 is 0. The maximum atomic E-state index is 12.9. The second-order valence-electron chi connectivity index (χ2n) is 7.31. The molecule has 3 rings (SSSR count). The third-order valence-electron chi connectivity index (χ3n) is 5.51. The van der Waals surface area contributed by atoms with Crippen LogP contribution in [0.3, 0.4) is 0 Å². The molecule has 1 amide bonds. The van der Waals surface area contributed by atoms with Gasteiger partial charge in [0.2, 0.25) is 5.91 Å². The van der Waals surface area contributed by atoms with Crippen LogP contribution < -0.4 is 0 Å². The van der Waals surface area contributed by atoms with Gasteiger partial charge in [-0.1, -0.05) is 37.3 Å². The van der Waals surface area contributed by atoms with E-state index in [2.05, 4.69) is 32.0 Å². The zero-order valence-electron chi connectivity index (χ0n) is 16.2. The zero-order valence-corrected chi connectivity index (χ0v) is 17.1. The standard InChI is InChI=1S/C22H27NO3S/c1-4-27(25,26)20-11-8-18(9-12-20)15-22(24)23-13-5-6-21(23)19-10-7-16(2)17(3)14-19/h7-12,14,21H,4-6,13,15H2,1-3H3. The van der Waals surface area contributed by atoms with Gasteiger partial charge in [-0.3, -0.25) is 4.79 Å². The van der Waals surface area contributed by atoms with Gasteiger partial charge in [0.15, 0.2) is 9.84 Å². The Balaban J connectivity index is 1.74. The van der Waals surface area contributed by atoms with Crippen molar-refractivity contribution in [2.24, 2.45) is 0 Å². The largest absolute Gasteiger partial charge is 0.335 e. The van der Waals surface area contributed by atoms with E-state index in [1.165, 1.54) is 16.7 Å². The molecule has 1 atom stereocenters. The molecular formula is C22H27NO3S. The molecular weight excluding hydrogens is 358 g/mol. The molecule has 0 aliphatic carbocycles. The highest BCUT2D eigenvalue weighted by molar-refractivity contribution is 7.91. The Kier molecular flexibility index (Phi) is 5.70. The predicted octanol–water partition coefficient (Wildman–Crippen LogP) is 4.00. The molecule has 0 N–H and O–H groups in total. The average Bonchev–Trinajstić information content (AvgIpc) is 3.14. The lowest BCUT2D eigenvalue weighted by atomic mass is 9.99. The number of rotatable bonds is 5. The summed E-state index contributed by atoms with van der Waals surface area (Å²) < 4.78 is 23.8. The topological polar surface area (TPSA) is 54.5 Å². The lowest BCUT2D eigenvalue weighted by Crippen LogP contribution is -2.31. The second kappa shape index (κ2) is 7.85. The Morgan fingerprint density at radius 1 is 1.07 bits per heavy atom. The lowest BCUT2D eigenvalue weighted by Gasteiger charge is -2.26. The zero-order chi connectivity index (χ0) is 19.6. The van der Waals surface area contributed by atoms with Crippen LogP contribution in [-0.2, 0) is 21.1 Å². The number of hydrogen-bond donors (Lipinski definition) is 0. The van der Waals surface area contributed by atoms with Crippen molar-refractivity contribution in [1.82, 2.24) is 4.90 Å². The fraction of sp³-hybridized carbons (Fsp3) is 0.409. The third-order valence-corrected chi connectivity index (χ3v) is 7.26. The number of sulfone groups is 1. The third kappa shape index (κ3) is 4.24. The van der Waals surface area contributed by atoms with Crippen LogP contribution in [0.2, 0.25) is 0 Å². The summed E-state index contributed by atoms with van der Waals surface area (Å²) in [7, 11) is -3.21. The van der Waals surface area contributed by atoms with Crippen LogP contribution in [0.25, 0.3) is 0 Å². The molecule has 27 heavy (non-hydrogen) atoms. The van der Waals surface area contributed by atoms with Crippen LogP contribution in [0.4, 0.5) is 0 Å². The molecule has 4 nitrogen and oxygen atoms in total. The van der Waals surface area contributed by atoms with Crippen molar-refractivity contribution < 1.29 is 13.2 Å². The van der Waals surface area contributed by atoms with E-state index in [-0.39, 0.29) is 17.7 Å². The number of hydrogen-bond acceptors (Lipinski definition) is 3. The van der Waals surface area contributed by atoms with Crippen LogP contribution in [-0.4, -0.2) is 31.5 Å². The van der Waals surface area contributed by atoms with E-state index in [0.29, 0.717) is 11.3 Å². The van der Waals surface area contributed by atoms with Gasteiger partial charge in [0.25, 0.3) is 0 Å². The normalized spacial score (nSPS) is 17.3. The number of amides is 1. The van der Waals surface area contributed by atoms with Crippen molar-refractivity contribution in [1.29, 1.82) is 0 Å². The summed E-state index contributed by atoms with van der Waals surface area (Å²) in [6.45, 7) is 6.61. The molecule has 0 aromatic heterocycles. The number of aryl methyl sites for hydroxylation is 2. The van der Waals surface area contributed by atoms with Crippen molar-refractivity contribution in [2.45, 2.75) is 51.0 Å². The van der Waals surface area contributed by atoms with Gasteiger partial charge in [-0.15, -0.1) is 0 Å². The Morgan fingerprint density at radius 3 is 2.41 bits per heavy atom. The number of nitrogens with zero attached hydrogens (tertiary/aromatic N) is 1. The van der Waals surface area contributed by atoms with E-state index < -0.39 is 9.84 Å². The lowest BCUT2D eigenvalue weighted by molar-refractivity contribution is -0.131. The molecule has 144 valence electrons. The van der Waals surface area contributed by atoms with Crippen molar-refractivity contribution in [3.63, 3.8) is 0 Å². The number of carbonyl (C=O) groups excluding carboxylic acids is 1. The summed E-state index contributed by atoms with van der Waals surface area (Å²) in [6, 6.07) is 13.3. The highest BCUT2D eigenvalue weighted by atomic mass is 32.2. The molecule has 1 aliphatic rings. The highest BCUT2D eigenvalue weighted by Crippen LogP contribution is 2.33. The fourth-order valence-electron chi connectivity index (χ4n) is 3.64. The van der Waals surface area contributed by atoms with Crippen LogP contribution in [0.15, 0.2) is 47.4 Å². The minimum Gasteiger partial charge on any atom is -0.335 e. The molecule has 2 aromatic carbocycles. The van der Waals surface area contributed by atoms with Crippen molar-refractivity contribution >= 4 is 15.7 Å². The Bertz CT molecular complexity index is 933. The SMILES string of the molecule is CCS(=O)(=O)c1ccc(CC(=O)N2CCCC2c2ccc(C)c(C)c2)cc1. The molecule has 0 bridgehead atoms. The summed E-state index contributed by atoms with van der Waals surface area (Å²) in [5.41, 5.74) is 4.56. The van der Waals surface area contributed by atoms with E-state index in [9.17, 15) is 13.2 Å². The first-order valence-corrected chi connectivity index (χ1v) is 11.2. The molecule has 2 aromatic rings. The maximum absolute atomic E-state index is 12.9. The van der Waals surface area contributed by atoms with Crippen LogP contribution in [0.5, 0.6) is 0 Å². The van der Waals surface area contributed by atoms with Crippen LogP contribution >= 0.6 is 0 Å². The molecule has 1 aliphatic heterocycles. The van der Waals surface area contributed by atoms with Gasteiger partial charge in [-0.2, -0.15) is 0 Å². The monoisotopic (exact) mass is 385 g/mol. The number of carbonyl (C=O) groups is 1. The minimum absolute atomic E-state index is 0.0801. The summed E-state index contributed by atoms with van der Waals surface area (Å²) in [5.74, 6) is 0.179. The second-order valence-corrected chi connectivity index (χ2v) is 9.59. The van der Waals surface area contributed by atoms with Gasteiger partial charge < -0.3 is 4.90 Å². The average molecular weight is 386 g/mol. The summed E-state index contributed by atoms with van der Waals surface area (Å²) in [5, 5.41) is 0. The summed E-state index contributed by atoms with van der Waals surface area (Å²) in [6.07, 6.45) is 2.30. The quantitative estimate of drug-likeness (QED) is 0.782. The molecule has 1 fully saturated rings. The van der Waals surface area contributed by atoms with Gasteiger partial charge in [-0.05, 0) is 61.1 Å². The minimum atomic E-state index is -3.21. The van der Waals surface area contributed by atoms with E-state index in [0.717, 1.165) is 24.9 Å². The molecule has 5 heteroatoms. The van der Waals surface area contributed by atoms with Crippen LogP contribution in [0, 0.1) is 13.8 Å². The van der Waals surface area contributed by atoms with Gasteiger partial charge >= 0.3 is 0 Å². The molecule has 0 spiro atoms. The Morgan fingerprint density at radius 2 is 1.78 bits per heavy atom. The van der Waals surface area contributed by atoms with Crippen molar-refractivity contribution in [3.8, 4) is 0 Å². The molecule has 1 unspecified atom stereocenters. The van der Waals surface area contributed by atoms with Gasteiger partial charge in [0.05, 0.1) is 23.1 Å². The van der Waals surface area contributed by atoms with Crippen molar-refractivity contribution in [3.05, 3.63) is 64.7 Å². The van der Waals surface area contributed by atoms with Gasteiger partial charge in [0, 0.05) is 6.54 Å². The van der Waals surface area contributed by atoms with E-state index in [4.69, 9.17) is 0 Å². The molecule has 0 saturated carbocycles. The Labute approximate surface area is 162 Å². The summed E-state index contributed by atoms with van der Waals surface area (Å²) in [4.78, 5) is 15.2. The van der Waals surface area contributed by atoms with E-state index >= 15 is 0 Å². The Hall–Kier alpha value is -2.14. The molecule has 1 heterocycles. The fourth-order valence-corrected chi connectivity index (χ4v) is 4.53. The van der Waals surface area contributed by atoms with Gasteiger partial charge in [-0.25, -0.2) is 8.42 Å². The number of benzene rings is 2. The first-order chi connectivity index (χ1) is 12.8. The maximum Gasteiger partial charge on any atom is 0.227 e. The number of likely N-dealkylation sites (tertiary alicyclic amines) is 1. The predicted molar refractivity (Wildman–Crippen MR) is 107 cm³/mol. The van der Waals surface area contributed by atoms with Crippen LogP contribution in [0.1, 0.15) is 48.1 Å². The molecule has 1 saturated heterocycles. The van der Waals surface area contributed by atoms with Gasteiger partial charge in [0.1, 0.15) is 0 Å². The van der Waals surface area contributed by atoms with Crippen molar-refractivity contribution in [2.75, 3.05) is 12.3 Å². The first kappa shape index (κ1) is 19.6. The first-order valence-electron chi connectivity index (χ1n) is 9.50. The molecule has 0 radical (unpaired) electrons. The highest BCUT2D eigenvalue weighted by Gasteiger charge is 2.30. The van der Waals surface area contributed by atoms with E-state index in [1.54, 1.807) is 31.2 Å². The smallest absolute Gasteiger partial charge is 0.227 e.